The van der Waals surface area contributed by atoms with Crippen molar-refractivity contribution in [2.75, 3.05) is 7.11 Å². The van der Waals surface area contributed by atoms with Crippen LogP contribution in [-0.4, -0.2) is 16.6 Å². The van der Waals surface area contributed by atoms with Crippen LogP contribution < -0.4 is 0 Å². The zero-order chi connectivity index (χ0) is 6.57. The smallest absolute Gasteiger partial charge is 0.187 e. The molecular weight excluding hydrogens is 221 g/mol. The van der Waals surface area contributed by atoms with Crippen LogP contribution in [0.1, 0.15) is 6.92 Å². The minimum absolute atomic E-state index is 0.0764. The molecule has 0 atom stereocenters. The van der Waals surface area contributed by atoms with Crippen LogP contribution in [-0.2, 0) is 9.63 Å². The van der Waals surface area contributed by atoms with E-state index in [2.05, 4.69) is 9.99 Å². The van der Waals surface area contributed by atoms with E-state index in [0.717, 1.165) is 0 Å². The average Bonchev–Trinajstić information content (AvgIpc) is 1.67. The Labute approximate surface area is 61.2 Å². The lowest BCUT2D eigenvalue weighted by atomic mass is 10.5. The van der Waals surface area contributed by atoms with E-state index in [1.54, 1.807) is 22.6 Å². The van der Waals surface area contributed by atoms with Crippen LogP contribution in [0.15, 0.2) is 5.16 Å². The second kappa shape index (κ2) is 3.82. The molecule has 46 valence electrons. The van der Waals surface area contributed by atoms with Crippen molar-refractivity contribution < 1.29 is 9.63 Å². The van der Waals surface area contributed by atoms with Gasteiger partial charge in [-0.2, -0.15) is 0 Å². The number of ketones is 1. The fourth-order valence-corrected chi connectivity index (χ4v) is 0.341. The van der Waals surface area contributed by atoms with Crippen molar-refractivity contribution in [1.29, 1.82) is 0 Å². The van der Waals surface area contributed by atoms with Crippen LogP contribution in [0.4, 0.5) is 0 Å². The highest BCUT2D eigenvalue weighted by Gasteiger charge is 1.97. The van der Waals surface area contributed by atoms with Gasteiger partial charge in [0.1, 0.15) is 7.11 Å². The van der Waals surface area contributed by atoms with Gasteiger partial charge in [-0.15, -0.1) is 0 Å². The third-order valence-electron chi connectivity index (χ3n) is 0.462. The molecule has 4 heteroatoms. The molecule has 0 saturated heterocycles. The molecule has 0 aromatic heterocycles. The van der Waals surface area contributed by atoms with Crippen molar-refractivity contribution >= 4 is 32.1 Å². The lowest BCUT2D eigenvalue weighted by Crippen LogP contribution is -1.99. The number of hydrogen-bond donors (Lipinski definition) is 0. The number of carbonyl (C=O) groups is 1. The zero-order valence-electron chi connectivity index (χ0n) is 4.64. The van der Waals surface area contributed by atoms with E-state index < -0.39 is 0 Å². The second-order valence-electron chi connectivity index (χ2n) is 1.12. The van der Waals surface area contributed by atoms with Crippen LogP contribution in [0, 0.1) is 0 Å². The molecule has 0 aromatic carbocycles. The number of hydrogen-bond acceptors (Lipinski definition) is 3. The molecule has 0 aliphatic heterocycles. The Balaban J connectivity index is 3.80. The fraction of sp³-hybridized carbons (Fsp3) is 0.500. The van der Waals surface area contributed by atoms with E-state index in [4.69, 9.17) is 0 Å². The number of oxime groups is 1. The third-order valence-corrected chi connectivity index (χ3v) is 1.42. The molecule has 0 bridgehead atoms. The SMILES string of the molecule is CO/N=C(/I)C(C)=O. The Bertz CT molecular complexity index is 121. The van der Waals surface area contributed by atoms with Crippen LogP contribution in [0.5, 0.6) is 0 Å². The minimum atomic E-state index is -0.0764. The summed E-state index contributed by atoms with van der Waals surface area (Å²) in [6.07, 6.45) is 0. The molecule has 3 nitrogen and oxygen atoms in total. The number of carbonyl (C=O) groups excluding carboxylic acids is 1. The standard InChI is InChI=1S/C4H6INO2/c1-3(7)4(5)6-8-2/h1-2H3/b6-4+. The lowest BCUT2D eigenvalue weighted by Gasteiger charge is -1.86. The molecule has 0 amide bonds. The summed E-state index contributed by atoms with van der Waals surface area (Å²) < 4.78 is 0.366. The van der Waals surface area contributed by atoms with Crippen molar-refractivity contribution in [1.82, 2.24) is 0 Å². The van der Waals surface area contributed by atoms with Gasteiger partial charge in [-0.1, -0.05) is 5.16 Å². The quantitative estimate of drug-likeness (QED) is 0.400. The zero-order valence-corrected chi connectivity index (χ0v) is 6.80. The molecule has 0 heterocycles. The highest BCUT2D eigenvalue weighted by Crippen LogP contribution is 1.91. The largest absolute Gasteiger partial charge is 0.398 e. The first-order valence-electron chi connectivity index (χ1n) is 1.96. The van der Waals surface area contributed by atoms with Crippen molar-refractivity contribution in [2.24, 2.45) is 5.16 Å². The van der Waals surface area contributed by atoms with E-state index >= 15 is 0 Å². The molecule has 0 aliphatic rings. The van der Waals surface area contributed by atoms with E-state index in [9.17, 15) is 4.79 Å². The van der Waals surface area contributed by atoms with E-state index in [1.165, 1.54) is 14.0 Å². The highest BCUT2D eigenvalue weighted by molar-refractivity contribution is 14.1. The van der Waals surface area contributed by atoms with Crippen LogP contribution >= 0.6 is 22.6 Å². The molecule has 0 spiro atoms. The van der Waals surface area contributed by atoms with E-state index in [-0.39, 0.29) is 5.78 Å². The fourth-order valence-electron chi connectivity index (χ4n) is 0.144. The molecule has 0 aromatic rings. The summed E-state index contributed by atoms with van der Waals surface area (Å²) in [5.74, 6) is -0.0764. The van der Waals surface area contributed by atoms with Gasteiger partial charge in [0.25, 0.3) is 0 Å². The molecule has 0 fully saturated rings. The van der Waals surface area contributed by atoms with Gasteiger partial charge in [-0.25, -0.2) is 0 Å². The summed E-state index contributed by atoms with van der Waals surface area (Å²) >= 11 is 1.81. The monoisotopic (exact) mass is 227 g/mol. The normalized spacial score (nSPS) is 11.1. The Kier molecular flexibility index (Phi) is 3.76. The van der Waals surface area contributed by atoms with Gasteiger partial charge in [-0.3, -0.25) is 4.79 Å². The van der Waals surface area contributed by atoms with Gasteiger partial charge in [0.2, 0.25) is 0 Å². The highest BCUT2D eigenvalue weighted by atomic mass is 127. The summed E-state index contributed by atoms with van der Waals surface area (Å²) in [6.45, 7) is 1.43. The molecular formula is C4H6INO2. The molecule has 0 aliphatic carbocycles. The first kappa shape index (κ1) is 7.87. The minimum Gasteiger partial charge on any atom is -0.398 e. The van der Waals surface area contributed by atoms with Crippen LogP contribution in [0.25, 0.3) is 0 Å². The van der Waals surface area contributed by atoms with Crippen molar-refractivity contribution in [3.05, 3.63) is 0 Å². The second-order valence-corrected chi connectivity index (χ2v) is 2.14. The summed E-state index contributed by atoms with van der Waals surface area (Å²) in [7, 11) is 1.40. The van der Waals surface area contributed by atoms with Crippen LogP contribution in [0.2, 0.25) is 0 Å². The maximum Gasteiger partial charge on any atom is 0.187 e. The van der Waals surface area contributed by atoms with Gasteiger partial charge in [0.15, 0.2) is 9.50 Å². The average molecular weight is 227 g/mol. The molecule has 0 saturated carbocycles. The molecule has 0 radical (unpaired) electrons. The summed E-state index contributed by atoms with van der Waals surface area (Å²) in [5, 5.41) is 3.38. The van der Waals surface area contributed by atoms with Crippen molar-refractivity contribution in [2.45, 2.75) is 6.92 Å². The van der Waals surface area contributed by atoms with E-state index in [1.807, 2.05) is 0 Å². The van der Waals surface area contributed by atoms with Gasteiger partial charge < -0.3 is 4.84 Å². The predicted octanol–water partition coefficient (Wildman–Crippen LogP) is 0.970. The third kappa shape index (κ3) is 2.95. The first-order valence-corrected chi connectivity index (χ1v) is 3.04. The van der Waals surface area contributed by atoms with Crippen molar-refractivity contribution in [3.63, 3.8) is 0 Å². The number of nitrogens with zero attached hydrogens (tertiary/aromatic N) is 1. The number of halogens is 1. The van der Waals surface area contributed by atoms with Gasteiger partial charge in [-0.05, 0) is 22.6 Å². The van der Waals surface area contributed by atoms with Gasteiger partial charge >= 0.3 is 0 Å². The van der Waals surface area contributed by atoms with Gasteiger partial charge in [0, 0.05) is 6.92 Å². The topological polar surface area (TPSA) is 38.7 Å². The Morgan fingerprint density at radius 3 is 2.38 bits per heavy atom. The van der Waals surface area contributed by atoms with Crippen LogP contribution in [0.3, 0.4) is 0 Å². The first-order chi connectivity index (χ1) is 3.68. The predicted molar refractivity (Wildman–Crippen MR) is 39.1 cm³/mol. The summed E-state index contributed by atoms with van der Waals surface area (Å²) in [6, 6.07) is 0. The van der Waals surface area contributed by atoms with E-state index in [0.29, 0.717) is 3.72 Å². The molecule has 8 heavy (non-hydrogen) atoms. The molecule has 0 unspecified atom stereocenters. The lowest BCUT2D eigenvalue weighted by molar-refractivity contribution is -0.110. The summed E-state index contributed by atoms with van der Waals surface area (Å²) in [5.41, 5.74) is 0. The Hall–Kier alpha value is -0.130. The molecule has 0 rings (SSSR count). The maximum absolute atomic E-state index is 10.3. The molecule has 0 N–H and O–H groups in total. The Morgan fingerprint density at radius 2 is 2.25 bits per heavy atom. The van der Waals surface area contributed by atoms with Gasteiger partial charge in [0.05, 0.1) is 0 Å². The maximum atomic E-state index is 10.3. The number of rotatable bonds is 2. The number of Topliss-reactive ketones (excluding diaryl/α,β-unsaturated/α-hetero) is 1. The Morgan fingerprint density at radius 1 is 1.75 bits per heavy atom. The van der Waals surface area contributed by atoms with Crippen molar-refractivity contribution in [3.8, 4) is 0 Å². The summed E-state index contributed by atoms with van der Waals surface area (Å²) in [4.78, 5) is 14.6.